The van der Waals surface area contributed by atoms with Crippen LogP contribution in [0.5, 0.6) is 0 Å². The first-order chi connectivity index (χ1) is 21.1. The van der Waals surface area contributed by atoms with Crippen molar-refractivity contribution in [2.24, 2.45) is 0 Å². The quantitative estimate of drug-likeness (QED) is 0.174. The fraction of sp³-hybridized carbons (Fsp3) is 0.0732. The first-order valence-electron chi connectivity index (χ1n) is 15.0. The molecule has 0 N–H and O–H groups in total. The van der Waals surface area contributed by atoms with Crippen LogP contribution in [-0.4, -0.2) is 4.57 Å². The van der Waals surface area contributed by atoms with Crippen LogP contribution in [0.3, 0.4) is 0 Å². The van der Waals surface area contributed by atoms with Gasteiger partial charge in [0.15, 0.2) is 0 Å². The van der Waals surface area contributed by atoms with E-state index in [2.05, 4.69) is 146 Å². The highest BCUT2D eigenvalue weighted by molar-refractivity contribution is 7.26. The zero-order valence-corrected chi connectivity index (χ0v) is 24.8. The molecule has 0 saturated heterocycles. The summed E-state index contributed by atoms with van der Waals surface area (Å²) in [6.45, 7) is 4.85. The molecular formula is C41H27NS. The van der Waals surface area contributed by atoms with Gasteiger partial charge in [-0.3, -0.25) is 0 Å². The summed E-state index contributed by atoms with van der Waals surface area (Å²) in [6, 6.07) is 47.5. The van der Waals surface area contributed by atoms with Gasteiger partial charge in [-0.15, -0.1) is 11.3 Å². The Hall–Kier alpha value is -4.92. The third-order valence-corrected chi connectivity index (χ3v) is 11.1. The van der Waals surface area contributed by atoms with Crippen LogP contribution in [0.25, 0.3) is 80.3 Å². The number of aromatic nitrogens is 1. The van der Waals surface area contributed by atoms with Crippen molar-refractivity contribution in [2.45, 2.75) is 19.3 Å². The van der Waals surface area contributed by atoms with Gasteiger partial charge in [-0.1, -0.05) is 111 Å². The Labute approximate surface area is 253 Å². The van der Waals surface area contributed by atoms with E-state index in [1.54, 1.807) is 0 Å². The molecule has 1 aliphatic rings. The Morgan fingerprint density at radius 3 is 1.93 bits per heavy atom. The fourth-order valence-electron chi connectivity index (χ4n) is 8.23. The Morgan fingerprint density at radius 2 is 1.14 bits per heavy atom. The second kappa shape index (κ2) is 8.12. The third kappa shape index (κ3) is 2.87. The van der Waals surface area contributed by atoms with Crippen molar-refractivity contribution in [1.29, 1.82) is 0 Å². The van der Waals surface area contributed by atoms with Crippen molar-refractivity contribution in [2.75, 3.05) is 0 Å². The molecule has 0 unspecified atom stereocenters. The number of nitrogens with zero attached hydrogens (tertiary/aromatic N) is 1. The summed E-state index contributed by atoms with van der Waals surface area (Å²) in [6.07, 6.45) is 0. The zero-order valence-electron chi connectivity index (χ0n) is 24.0. The molecule has 1 nitrogen and oxygen atoms in total. The third-order valence-electron chi connectivity index (χ3n) is 9.94. The van der Waals surface area contributed by atoms with Crippen molar-refractivity contribution < 1.29 is 0 Å². The van der Waals surface area contributed by atoms with Gasteiger partial charge in [0.1, 0.15) is 0 Å². The zero-order chi connectivity index (χ0) is 28.4. The predicted molar refractivity (Wildman–Crippen MR) is 186 cm³/mol. The smallest absolute Gasteiger partial charge is 0.0547 e. The SMILES string of the molecule is CC1(C)c2ccccc2-c2c1c1c(ccc3sc4ccccc4c31)c1c(-n3c4ccccc4c4ccccc43)cccc21. The number of hydrogen-bond donors (Lipinski definition) is 0. The number of rotatable bonds is 1. The van der Waals surface area contributed by atoms with Gasteiger partial charge in [0.25, 0.3) is 0 Å². The number of benzene rings is 7. The molecule has 43 heavy (non-hydrogen) atoms. The van der Waals surface area contributed by atoms with Gasteiger partial charge in [0.05, 0.1) is 16.7 Å². The molecule has 0 amide bonds. The van der Waals surface area contributed by atoms with E-state index in [-0.39, 0.29) is 5.41 Å². The van der Waals surface area contributed by atoms with Crippen LogP contribution >= 0.6 is 11.3 Å². The summed E-state index contributed by atoms with van der Waals surface area (Å²) in [5, 5.41) is 10.7. The van der Waals surface area contributed by atoms with Crippen LogP contribution in [0.1, 0.15) is 25.0 Å². The van der Waals surface area contributed by atoms with Crippen molar-refractivity contribution in [3.8, 4) is 16.8 Å². The maximum atomic E-state index is 2.50. The molecule has 2 aromatic heterocycles. The van der Waals surface area contributed by atoms with Crippen molar-refractivity contribution in [1.82, 2.24) is 4.57 Å². The molecule has 9 aromatic rings. The van der Waals surface area contributed by atoms with Gasteiger partial charge in [-0.2, -0.15) is 0 Å². The van der Waals surface area contributed by atoms with E-state index in [9.17, 15) is 0 Å². The highest BCUT2D eigenvalue weighted by atomic mass is 32.1. The minimum Gasteiger partial charge on any atom is -0.309 e. The van der Waals surface area contributed by atoms with Gasteiger partial charge in [-0.25, -0.2) is 0 Å². The first-order valence-corrected chi connectivity index (χ1v) is 15.9. The summed E-state index contributed by atoms with van der Waals surface area (Å²) in [7, 11) is 0. The normalized spacial score (nSPS) is 14.0. The molecule has 2 heteroatoms. The standard InChI is InChI=1S/C41H27NS/c1-41(2)30-17-7-3-14-26(30)37-28-16-11-20-33(42-31-18-8-4-12-24(31)25-13-5-9-19-32(25)42)36(28)29-22-23-35-38(39(29)40(37)41)27-15-6-10-21-34(27)43-35/h3-23H,1-2H3. The molecule has 0 fully saturated rings. The van der Waals surface area contributed by atoms with Gasteiger partial charge in [-0.05, 0) is 68.7 Å². The fourth-order valence-corrected chi connectivity index (χ4v) is 9.34. The van der Waals surface area contributed by atoms with Crippen molar-refractivity contribution in [3.05, 3.63) is 139 Å². The molecule has 0 radical (unpaired) electrons. The lowest BCUT2D eigenvalue weighted by Crippen LogP contribution is -2.15. The van der Waals surface area contributed by atoms with E-state index in [0.29, 0.717) is 0 Å². The monoisotopic (exact) mass is 565 g/mol. The van der Waals surface area contributed by atoms with Crippen LogP contribution in [0.2, 0.25) is 0 Å². The van der Waals surface area contributed by atoms with E-state index >= 15 is 0 Å². The Balaban J connectivity index is 1.51. The summed E-state index contributed by atoms with van der Waals surface area (Å²) < 4.78 is 5.21. The lowest BCUT2D eigenvalue weighted by atomic mass is 9.78. The van der Waals surface area contributed by atoms with Crippen LogP contribution in [0.4, 0.5) is 0 Å². The molecule has 0 bridgehead atoms. The molecule has 10 rings (SSSR count). The maximum absolute atomic E-state index is 2.50. The van der Waals surface area contributed by atoms with Gasteiger partial charge in [0, 0.05) is 41.7 Å². The lowest BCUT2D eigenvalue weighted by molar-refractivity contribution is 0.667. The highest BCUT2D eigenvalue weighted by Crippen LogP contribution is 2.57. The van der Waals surface area contributed by atoms with Crippen molar-refractivity contribution in [3.63, 3.8) is 0 Å². The highest BCUT2D eigenvalue weighted by Gasteiger charge is 2.39. The predicted octanol–water partition coefficient (Wildman–Crippen LogP) is 11.8. The molecule has 0 saturated carbocycles. The summed E-state index contributed by atoms with van der Waals surface area (Å²) in [5.41, 5.74) is 9.24. The average Bonchev–Trinajstić information content (AvgIpc) is 3.67. The number of hydrogen-bond acceptors (Lipinski definition) is 1. The second-order valence-electron chi connectivity index (χ2n) is 12.4. The van der Waals surface area contributed by atoms with Gasteiger partial charge < -0.3 is 4.57 Å². The number of thiophene rings is 1. The Morgan fingerprint density at radius 1 is 0.488 bits per heavy atom. The van der Waals surface area contributed by atoms with Crippen LogP contribution in [-0.2, 0) is 5.41 Å². The van der Waals surface area contributed by atoms with Gasteiger partial charge in [0.2, 0.25) is 0 Å². The summed E-state index contributed by atoms with van der Waals surface area (Å²) in [5.74, 6) is 0. The Kier molecular flexibility index (Phi) is 4.46. The molecule has 0 atom stereocenters. The summed E-state index contributed by atoms with van der Waals surface area (Å²) in [4.78, 5) is 0. The van der Waals surface area contributed by atoms with Gasteiger partial charge >= 0.3 is 0 Å². The minimum atomic E-state index is -0.126. The van der Waals surface area contributed by atoms with E-state index in [4.69, 9.17) is 0 Å². The van der Waals surface area contributed by atoms with Crippen LogP contribution in [0.15, 0.2) is 127 Å². The van der Waals surface area contributed by atoms with E-state index in [1.165, 1.54) is 91.5 Å². The van der Waals surface area contributed by atoms with Crippen LogP contribution in [0, 0.1) is 0 Å². The molecule has 7 aromatic carbocycles. The minimum absolute atomic E-state index is 0.126. The lowest BCUT2D eigenvalue weighted by Gasteiger charge is -2.25. The first kappa shape index (κ1) is 23.6. The largest absolute Gasteiger partial charge is 0.309 e. The average molecular weight is 566 g/mol. The van der Waals surface area contributed by atoms with E-state index < -0.39 is 0 Å². The molecule has 1 aliphatic carbocycles. The molecular weight excluding hydrogens is 539 g/mol. The Bertz CT molecular complexity index is 2590. The molecule has 2 heterocycles. The molecule has 202 valence electrons. The summed E-state index contributed by atoms with van der Waals surface area (Å²) >= 11 is 1.91. The molecule has 0 spiro atoms. The second-order valence-corrected chi connectivity index (χ2v) is 13.5. The van der Waals surface area contributed by atoms with E-state index in [1.807, 2.05) is 11.3 Å². The van der Waals surface area contributed by atoms with E-state index in [0.717, 1.165) is 0 Å². The number of fused-ring (bicyclic) bond motifs is 15. The maximum Gasteiger partial charge on any atom is 0.0547 e. The number of para-hydroxylation sites is 2. The van der Waals surface area contributed by atoms with Crippen molar-refractivity contribution >= 4 is 74.9 Å². The topological polar surface area (TPSA) is 4.93 Å². The molecule has 0 aliphatic heterocycles. The van der Waals surface area contributed by atoms with Crippen LogP contribution < -0.4 is 0 Å².